The van der Waals surface area contributed by atoms with Crippen molar-refractivity contribution in [2.45, 2.75) is 19.5 Å². The monoisotopic (exact) mass is 400 g/mol. The van der Waals surface area contributed by atoms with Crippen LogP contribution in [0.2, 0.25) is 0 Å². The van der Waals surface area contributed by atoms with E-state index in [0.29, 0.717) is 31.5 Å². The van der Waals surface area contributed by atoms with E-state index < -0.39 is 0 Å². The zero-order valence-corrected chi connectivity index (χ0v) is 16.8. The standard InChI is InChI=1S/C20H24N4O3S/c1-15(16-7-4-3-5-8-16)21-18(25)13-24(10-11-26-2)14-19-22-23-20(27-19)17-9-6-12-28-17/h3-9,12,15H,10-11,13-14H2,1-2H3,(H,21,25)/t15-/m1/s1. The third-order valence-corrected chi connectivity index (χ3v) is 5.07. The maximum absolute atomic E-state index is 12.5. The van der Waals surface area contributed by atoms with Crippen molar-refractivity contribution in [2.75, 3.05) is 26.8 Å². The second-order valence-electron chi connectivity index (χ2n) is 6.38. The van der Waals surface area contributed by atoms with Crippen LogP contribution < -0.4 is 5.32 Å². The summed E-state index contributed by atoms with van der Waals surface area (Å²) in [5, 5.41) is 13.2. The Kier molecular flexibility index (Phi) is 7.30. The molecule has 2 aromatic heterocycles. The quantitative estimate of drug-likeness (QED) is 0.563. The molecule has 7 nitrogen and oxygen atoms in total. The maximum atomic E-state index is 12.5. The molecule has 3 rings (SSSR count). The summed E-state index contributed by atoms with van der Waals surface area (Å²) >= 11 is 1.54. The highest BCUT2D eigenvalue weighted by Gasteiger charge is 2.17. The van der Waals surface area contributed by atoms with Gasteiger partial charge in [-0.25, -0.2) is 0 Å². The number of rotatable bonds is 10. The number of methoxy groups -OCH3 is 1. The average Bonchev–Trinajstić information content (AvgIpc) is 3.38. The molecule has 0 saturated heterocycles. The van der Waals surface area contributed by atoms with E-state index in [9.17, 15) is 4.79 Å². The predicted molar refractivity (Wildman–Crippen MR) is 108 cm³/mol. The molecule has 0 spiro atoms. The van der Waals surface area contributed by atoms with E-state index in [4.69, 9.17) is 9.15 Å². The Morgan fingerprint density at radius 2 is 2.07 bits per heavy atom. The van der Waals surface area contributed by atoms with Gasteiger partial charge in [-0.1, -0.05) is 36.4 Å². The summed E-state index contributed by atoms with van der Waals surface area (Å²) in [7, 11) is 1.64. The minimum atomic E-state index is -0.0644. The van der Waals surface area contributed by atoms with Crippen molar-refractivity contribution in [3.63, 3.8) is 0 Å². The van der Waals surface area contributed by atoms with E-state index >= 15 is 0 Å². The van der Waals surface area contributed by atoms with Crippen molar-refractivity contribution in [1.29, 1.82) is 0 Å². The first-order valence-electron chi connectivity index (χ1n) is 9.07. The van der Waals surface area contributed by atoms with Crippen LogP contribution in [0.1, 0.15) is 24.4 Å². The molecule has 2 heterocycles. The van der Waals surface area contributed by atoms with Crippen LogP contribution in [0.25, 0.3) is 10.8 Å². The number of carbonyl (C=O) groups excluding carboxylic acids is 1. The third kappa shape index (κ3) is 5.72. The number of hydrogen-bond donors (Lipinski definition) is 1. The molecular formula is C20H24N4O3S. The number of carbonyl (C=O) groups is 1. The van der Waals surface area contributed by atoms with Crippen molar-refractivity contribution in [3.05, 3.63) is 59.3 Å². The van der Waals surface area contributed by atoms with Crippen molar-refractivity contribution in [1.82, 2.24) is 20.4 Å². The number of nitrogens with one attached hydrogen (secondary N) is 1. The Bertz CT molecular complexity index is 851. The van der Waals surface area contributed by atoms with Crippen molar-refractivity contribution in [3.8, 4) is 10.8 Å². The Morgan fingerprint density at radius 3 is 2.79 bits per heavy atom. The first-order chi connectivity index (χ1) is 13.7. The topological polar surface area (TPSA) is 80.5 Å². The van der Waals surface area contributed by atoms with E-state index in [1.165, 1.54) is 0 Å². The van der Waals surface area contributed by atoms with Gasteiger partial charge in [-0.05, 0) is 23.9 Å². The zero-order valence-electron chi connectivity index (χ0n) is 16.0. The van der Waals surface area contributed by atoms with Crippen molar-refractivity contribution in [2.24, 2.45) is 0 Å². The van der Waals surface area contributed by atoms with Crippen LogP contribution in [-0.4, -0.2) is 47.8 Å². The van der Waals surface area contributed by atoms with Crippen LogP contribution in [0.5, 0.6) is 0 Å². The Morgan fingerprint density at radius 1 is 1.25 bits per heavy atom. The number of ether oxygens (including phenoxy) is 1. The molecule has 8 heteroatoms. The molecular weight excluding hydrogens is 376 g/mol. The van der Waals surface area contributed by atoms with Gasteiger partial charge in [-0.2, -0.15) is 0 Å². The van der Waals surface area contributed by atoms with Gasteiger partial charge >= 0.3 is 0 Å². The largest absolute Gasteiger partial charge is 0.419 e. The molecule has 0 fully saturated rings. The summed E-state index contributed by atoms with van der Waals surface area (Å²) in [5.41, 5.74) is 1.07. The van der Waals surface area contributed by atoms with E-state index in [0.717, 1.165) is 10.4 Å². The lowest BCUT2D eigenvalue weighted by molar-refractivity contribution is -0.123. The van der Waals surface area contributed by atoms with Gasteiger partial charge in [-0.3, -0.25) is 9.69 Å². The maximum Gasteiger partial charge on any atom is 0.257 e. The molecule has 0 aliphatic rings. The molecule has 1 N–H and O–H groups in total. The minimum Gasteiger partial charge on any atom is -0.419 e. The Labute approximate surface area is 168 Å². The third-order valence-electron chi connectivity index (χ3n) is 4.21. The molecule has 0 aliphatic heterocycles. The van der Waals surface area contributed by atoms with Gasteiger partial charge in [0.1, 0.15) is 0 Å². The SMILES string of the molecule is COCCN(CC(=O)N[C@H](C)c1ccccc1)Cc1nnc(-c2cccs2)o1. The van der Waals surface area contributed by atoms with Gasteiger partial charge in [0, 0.05) is 13.7 Å². The lowest BCUT2D eigenvalue weighted by Gasteiger charge is -2.21. The molecule has 1 aromatic carbocycles. The van der Waals surface area contributed by atoms with Crippen LogP contribution in [0.3, 0.4) is 0 Å². The highest BCUT2D eigenvalue weighted by Crippen LogP contribution is 2.23. The van der Waals surface area contributed by atoms with Crippen LogP contribution in [-0.2, 0) is 16.1 Å². The number of benzene rings is 1. The molecule has 0 radical (unpaired) electrons. The molecule has 0 saturated carbocycles. The summed E-state index contributed by atoms with van der Waals surface area (Å²) in [5.74, 6) is 0.910. The average molecular weight is 401 g/mol. The van der Waals surface area contributed by atoms with Crippen LogP contribution in [0.4, 0.5) is 0 Å². The highest BCUT2D eigenvalue weighted by molar-refractivity contribution is 7.13. The van der Waals surface area contributed by atoms with Crippen LogP contribution >= 0.6 is 11.3 Å². The highest BCUT2D eigenvalue weighted by atomic mass is 32.1. The molecule has 148 valence electrons. The fourth-order valence-electron chi connectivity index (χ4n) is 2.76. The fourth-order valence-corrected chi connectivity index (χ4v) is 3.40. The number of aromatic nitrogens is 2. The van der Waals surface area contributed by atoms with E-state index in [2.05, 4.69) is 15.5 Å². The number of hydrogen-bond acceptors (Lipinski definition) is 7. The van der Waals surface area contributed by atoms with Gasteiger partial charge in [0.15, 0.2) is 0 Å². The lowest BCUT2D eigenvalue weighted by Crippen LogP contribution is -2.39. The van der Waals surface area contributed by atoms with Crippen molar-refractivity contribution < 1.29 is 13.9 Å². The molecule has 3 aromatic rings. The molecule has 28 heavy (non-hydrogen) atoms. The summed E-state index contributed by atoms with van der Waals surface area (Å²) in [6.45, 7) is 3.66. The minimum absolute atomic E-state index is 0.0631. The Hall–Kier alpha value is -2.55. The number of nitrogens with zero attached hydrogens (tertiary/aromatic N) is 3. The molecule has 0 bridgehead atoms. The van der Waals surface area contributed by atoms with Gasteiger partial charge < -0.3 is 14.5 Å². The second-order valence-corrected chi connectivity index (χ2v) is 7.33. The van der Waals surface area contributed by atoms with E-state index in [1.807, 2.05) is 59.7 Å². The van der Waals surface area contributed by atoms with Gasteiger partial charge in [0.2, 0.25) is 11.8 Å². The lowest BCUT2D eigenvalue weighted by atomic mass is 10.1. The summed E-state index contributed by atoms with van der Waals surface area (Å²) < 4.78 is 10.9. The van der Waals surface area contributed by atoms with Gasteiger partial charge in [0.25, 0.3) is 5.89 Å². The van der Waals surface area contributed by atoms with Crippen LogP contribution in [0.15, 0.2) is 52.3 Å². The first kappa shape index (κ1) is 20.2. The normalized spacial score (nSPS) is 12.2. The van der Waals surface area contributed by atoms with E-state index in [-0.39, 0.29) is 18.5 Å². The number of thiophene rings is 1. The molecule has 0 aliphatic carbocycles. The molecule has 1 atom stereocenters. The zero-order chi connectivity index (χ0) is 19.8. The summed E-state index contributed by atoms with van der Waals surface area (Å²) in [6, 6.07) is 13.7. The first-order valence-corrected chi connectivity index (χ1v) is 9.95. The van der Waals surface area contributed by atoms with Crippen LogP contribution in [0, 0.1) is 0 Å². The Balaban J connectivity index is 1.59. The van der Waals surface area contributed by atoms with Gasteiger partial charge in [0.05, 0.1) is 30.6 Å². The second kappa shape index (κ2) is 10.1. The molecule has 0 unspecified atom stereocenters. The predicted octanol–water partition coefficient (Wildman–Crippen LogP) is 3.12. The van der Waals surface area contributed by atoms with Crippen molar-refractivity contribution >= 4 is 17.2 Å². The fraction of sp³-hybridized carbons (Fsp3) is 0.350. The summed E-state index contributed by atoms with van der Waals surface area (Å²) in [4.78, 5) is 15.4. The van der Waals surface area contributed by atoms with Gasteiger partial charge in [-0.15, -0.1) is 21.5 Å². The number of amides is 1. The van der Waals surface area contributed by atoms with E-state index in [1.54, 1.807) is 18.4 Å². The smallest absolute Gasteiger partial charge is 0.257 e. The summed E-state index contributed by atoms with van der Waals surface area (Å²) in [6.07, 6.45) is 0. The molecule has 1 amide bonds.